The molecule has 1 aliphatic heterocycles. The first kappa shape index (κ1) is 15.0. The number of hydrogen-bond acceptors (Lipinski definition) is 8. The average Bonchev–Trinajstić information content (AvgIpc) is 2.89. The Kier molecular flexibility index (Phi) is 3.89. The Labute approximate surface area is 123 Å². The summed E-state index contributed by atoms with van der Waals surface area (Å²) in [5, 5.41) is 38.5. The summed E-state index contributed by atoms with van der Waals surface area (Å²) < 4.78 is 15.6. The van der Waals surface area contributed by atoms with Crippen LogP contribution in [0.1, 0.15) is 0 Å². The summed E-state index contributed by atoms with van der Waals surface area (Å²) in [5.74, 6) is -0.507. The van der Waals surface area contributed by atoms with Crippen molar-refractivity contribution >= 4 is 11.1 Å². The number of oxazole rings is 1. The van der Waals surface area contributed by atoms with Crippen molar-refractivity contribution in [3.05, 3.63) is 28.7 Å². The maximum absolute atomic E-state index is 11.2. The molecule has 120 valence electrons. The van der Waals surface area contributed by atoms with Crippen molar-refractivity contribution in [1.82, 2.24) is 4.98 Å². The molecule has 0 unspecified atom stereocenters. The molecule has 1 saturated heterocycles. The van der Waals surface area contributed by atoms with Crippen LogP contribution in [0.2, 0.25) is 0 Å². The Balaban J connectivity index is 1.89. The Morgan fingerprint density at radius 3 is 2.68 bits per heavy atom. The third-order valence-corrected chi connectivity index (χ3v) is 3.51. The van der Waals surface area contributed by atoms with Crippen molar-refractivity contribution < 1.29 is 34.3 Å². The molecule has 2 heterocycles. The normalized spacial score (nSPS) is 32.3. The highest BCUT2D eigenvalue weighted by molar-refractivity contribution is 5.79. The average molecular weight is 313 g/mol. The van der Waals surface area contributed by atoms with E-state index in [1.807, 2.05) is 0 Å². The Morgan fingerprint density at radius 1 is 1.18 bits per heavy atom. The van der Waals surface area contributed by atoms with Gasteiger partial charge >= 0.3 is 5.76 Å². The van der Waals surface area contributed by atoms with Gasteiger partial charge < -0.3 is 34.3 Å². The molecule has 2 aromatic rings. The van der Waals surface area contributed by atoms with E-state index >= 15 is 0 Å². The minimum Gasteiger partial charge on any atom is -0.460 e. The van der Waals surface area contributed by atoms with Crippen LogP contribution in [0.3, 0.4) is 0 Å². The summed E-state index contributed by atoms with van der Waals surface area (Å²) in [6.45, 7) is -0.558. The molecule has 0 amide bonds. The van der Waals surface area contributed by atoms with E-state index in [-0.39, 0.29) is 16.8 Å². The van der Waals surface area contributed by atoms with Crippen LogP contribution in [0.5, 0.6) is 5.75 Å². The van der Waals surface area contributed by atoms with Crippen LogP contribution in [0.4, 0.5) is 0 Å². The third kappa shape index (κ3) is 2.49. The standard InChI is InChI=1S/C13H15NO8/c15-4-7-9(16)10(17)11(18)12(21-7)20-5-2-1-3-6-8(5)14-13(19)22-6/h1-3,7,9-12,15-18H,4H2,(H,14,19)/t7-,9+,10+,11-,12-/m1/s1. The molecule has 0 saturated carbocycles. The maximum Gasteiger partial charge on any atom is 0.417 e. The number of rotatable bonds is 3. The summed E-state index contributed by atoms with van der Waals surface area (Å²) in [6.07, 6.45) is -6.96. The summed E-state index contributed by atoms with van der Waals surface area (Å²) >= 11 is 0. The van der Waals surface area contributed by atoms with Crippen molar-refractivity contribution in [1.29, 1.82) is 0 Å². The number of fused-ring (bicyclic) bond motifs is 1. The molecule has 9 heteroatoms. The molecule has 5 N–H and O–H groups in total. The van der Waals surface area contributed by atoms with Crippen LogP contribution in [0, 0.1) is 0 Å². The number of nitrogens with one attached hydrogen (secondary N) is 1. The highest BCUT2D eigenvalue weighted by Gasteiger charge is 2.44. The largest absolute Gasteiger partial charge is 0.460 e. The first-order valence-electron chi connectivity index (χ1n) is 6.60. The summed E-state index contributed by atoms with van der Waals surface area (Å²) in [7, 11) is 0. The van der Waals surface area contributed by atoms with E-state index in [1.165, 1.54) is 6.07 Å². The second-order valence-corrected chi connectivity index (χ2v) is 4.96. The summed E-state index contributed by atoms with van der Waals surface area (Å²) in [4.78, 5) is 13.7. The highest BCUT2D eigenvalue weighted by atomic mass is 16.7. The van der Waals surface area contributed by atoms with Gasteiger partial charge in [-0.3, -0.25) is 4.98 Å². The predicted molar refractivity (Wildman–Crippen MR) is 71.2 cm³/mol. The van der Waals surface area contributed by atoms with Crippen molar-refractivity contribution in [3.63, 3.8) is 0 Å². The van der Waals surface area contributed by atoms with Crippen molar-refractivity contribution in [2.24, 2.45) is 0 Å². The van der Waals surface area contributed by atoms with Gasteiger partial charge in [-0.2, -0.15) is 0 Å². The number of aliphatic hydroxyl groups excluding tert-OH is 4. The quantitative estimate of drug-likeness (QED) is 0.451. The van der Waals surface area contributed by atoms with Crippen LogP contribution >= 0.6 is 0 Å². The van der Waals surface area contributed by atoms with E-state index in [1.54, 1.807) is 12.1 Å². The van der Waals surface area contributed by atoms with Crippen LogP contribution in [0.15, 0.2) is 27.4 Å². The predicted octanol–water partition coefficient (Wildman–Crippen LogP) is -1.70. The van der Waals surface area contributed by atoms with Gasteiger partial charge in [-0.05, 0) is 12.1 Å². The van der Waals surface area contributed by atoms with E-state index in [4.69, 9.17) is 19.0 Å². The number of ether oxygens (including phenoxy) is 2. The summed E-state index contributed by atoms with van der Waals surface area (Å²) in [6, 6.07) is 4.63. The fourth-order valence-electron chi connectivity index (χ4n) is 2.33. The monoisotopic (exact) mass is 313 g/mol. The van der Waals surface area contributed by atoms with Gasteiger partial charge in [0.2, 0.25) is 6.29 Å². The van der Waals surface area contributed by atoms with E-state index in [0.29, 0.717) is 0 Å². The topological polar surface area (TPSA) is 145 Å². The lowest BCUT2D eigenvalue weighted by atomic mass is 9.99. The number of H-pyrrole nitrogens is 1. The lowest BCUT2D eigenvalue weighted by Crippen LogP contribution is -2.60. The lowest BCUT2D eigenvalue weighted by Gasteiger charge is -2.39. The molecule has 0 radical (unpaired) electrons. The van der Waals surface area contributed by atoms with Gasteiger partial charge in [0.1, 0.15) is 29.9 Å². The van der Waals surface area contributed by atoms with Gasteiger partial charge in [-0.15, -0.1) is 0 Å². The molecule has 0 spiro atoms. The van der Waals surface area contributed by atoms with Gasteiger partial charge in [0.15, 0.2) is 11.3 Å². The number of aromatic amines is 1. The molecule has 0 aliphatic carbocycles. The fourth-order valence-corrected chi connectivity index (χ4v) is 2.33. The van der Waals surface area contributed by atoms with E-state index in [0.717, 1.165) is 0 Å². The molecule has 9 nitrogen and oxygen atoms in total. The minimum absolute atomic E-state index is 0.160. The molecule has 1 aromatic carbocycles. The molecular formula is C13H15NO8. The second kappa shape index (κ2) is 5.71. The van der Waals surface area contributed by atoms with E-state index in [9.17, 15) is 20.1 Å². The minimum atomic E-state index is -1.54. The zero-order valence-corrected chi connectivity index (χ0v) is 11.2. The van der Waals surface area contributed by atoms with Crippen LogP contribution in [-0.2, 0) is 4.74 Å². The smallest absolute Gasteiger partial charge is 0.417 e. The van der Waals surface area contributed by atoms with E-state index in [2.05, 4.69) is 4.98 Å². The number of aromatic nitrogens is 1. The molecule has 1 aromatic heterocycles. The second-order valence-electron chi connectivity index (χ2n) is 4.96. The molecule has 1 aliphatic rings. The van der Waals surface area contributed by atoms with Crippen LogP contribution in [-0.4, -0.2) is 62.7 Å². The van der Waals surface area contributed by atoms with Crippen LogP contribution in [0.25, 0.3) is 11.1 Å². The van der Waals surface area contributed by atoms with Gasteiger partial charge in [-0.25, -0.2) is 4.79 Å². The van der Waals surface area contributed by atoms with Crippen molar-refractivity contribution in [3.8, 4) is 5.75 Å². The highest BCUT2D eigenvalue weighted by Crippen LogP contribution is 2.28. The first-order chi connectivity index (χ1) is 10.5. The first-order valence-corrected chi connectivity index (χ1v) is 6.60. The number of hydrogen-bond donors (Lipinski definition) is 5. The molecule has 0 bridgehead atoms. The lowest BCUT2D eigenvalue weighted by molar-refractivity contribution is -0.277. The van der Waals surface area contributed by atoms with Gasteiger partial charge in [0.05, 0.1) is 6.61 Å². The third-order valence-electron chi connectivity index (χ3n) is 3.51. The number of aliphatic hydroxyl groups is 4. The van der Waals surface area contributed by atoms with Crippen molar-refractivity contribution in [2.45, 2.75) is 30.7 Å². The molecule has 5 atom stereocenters. The molecule has 1 fully saturated rings. The van der Waals surface area contributed by atoms with Gasteiger partial charge in [0, 0.05) is 0 Å². The Morgan fingerprint density at radius 2 is 1.95 bits per heavy atom. The fraction of sp³-hybridized carbons (Fsp3) is 0.462. The molecule has 3 rings (SSSR count). The molecule has 22 heavy (non-hydrogen) atoms. The molecular weight excluding hydrogens is 298 g/mol. The zero-order valence-electron chi connectivity index (χ0n) is 11.2. The van der Waals surface area contributed by atoms with Gasteiger partial charge in [-0.1, -0.05) is 6.07 Å². The summed E-state index contributed by atoms with van der Waals surface area (Å²) in [5.41, 5.74) is 0.525. The maximum atomic E-state index is 11.2. The Hall–Kier alpha value is -1.91. The van der Waals surface area contributed by atoms with Crippen molar-refractivity contribution in [2.75, 3.05) is 6.61 Å². The SMILES string of the molecule is O=c1[nH]c2c(O[C@@H]3O[C@H](CO)[C@H](O)[C@H](O)[C@H]3O)cccc2o1. The number of para-hydroxylation sites is 1. The van der Waals surface area contributed by atoms with Crippen LogP contribution < -0.4 is 10.5 Å². The van der Waals surface area contributed by atoms with Gasteiger partial charge in [0.25, 0.3) is 0 Å². The Bertz CT molecular complexity index is 707. The number of benzene rings is 1. The van der Waals surface area contributed by atoms with E-state index < -0.39 is 43.1 Å². The zero-order chi connectivity index (χ0) is 15.9.